The van der Waals surface area contributed by atoms with Gasteiger partial charge in [0.15, 0.2) is 0 Å². The van der Waals surface area contributed by atoms with Crippen molar-refractivity contribution in [2.24, 2.45) is 0 Å². The third-order valence-corrected chi connectivity index (χ3v) is 7.24. The fourth-order valence-electron chi connectivity index (χ4n) is 2.58. The zero-order chi connectivity index (χ0) is 17.3. The van der Waals surface area contributed by atoms with E-state index >= 15 is 0 Å². The third-order valence-electron chi connectivity index (χ3n) is 4.38. The average Bonchev–Trinajstić information content (AvgIpc) is 2.90. The Morgan fingerprint density at radius 2 is 1.96 bits per heavy atom. The number of aromatic nitrogens is 1. The van der Waals surface area contributed by atoms with E-state index < -0.39 is 21.5 Å². The van der Waals surface area contributed by atoms with Crippen molar-refractivity contribution in [1.29, 1.82) is 0 Å². The number of carboxylic acids is 1. The maximum atomic E-state index is 12.5. The maximum Gasteiger partial charge on any atom is 0.323 e. The van der Waals surface area contributed by atoms with Crippen LogP contribution in [0.4, 0.5) is 0 Å². The fraction of sp³-hybridized carbons (Fsp3) is 0.714. The molecule has 2 heterocycles. The SMILES string of the molecule is Cc1ncsc1CCS(=O)(=O)N1CCN(C(C)(C)C(=O)O)CC1. The molecule has 0 atom stereocenters. The van der Waals surface area contributed by atoms with Crippen LogP contribution in [0.3, 0.4) is 0 Å². The highest BCUT2D eigenvalue weighted by molar-refractivity contribution is 7.89. The van der Waals surface area contributed by atoms with Gasteiger partial charge in [0.2, 0.25) is 10.0 Å². The van der Waals surface area contributed by atoms with E-state index in [0.29, 0.717) is 32.6 Å². The lowest BCUT2D eigenvalue weighted by atomic mass is 10.0. The minimum absolute atomic E-state index is 0.0678. The second-order valence-corrected chi connectivity index (χ2v) is 9.21. The summed E-state index contributed by atoms with van der Waals surface area (Å²) in [6.07, 6.45) is 0.472. The summed E-state index contributed by atoms with van der Waals surface area (Å²) in [6.45, 7) is 6.70. The zero-order valence-corrected chi connectivity index (χ0v) is 15.3. The van der Waals surface area contributed by atoms with Crippen molar-refractivity contribution in [3.05, 3.63) is 16.1 Å². The molecule has 0 spiro atoms. The first-order valence-electron chi connectivity index (χ1n) is 7.50. The summed E-state index contributed by atoms with van der Waals surface area (Å²) in [5.74, 6) is -0.826. The molecule has 1 aromatic rings. The van der Waals surface area contributed by atoms with Crippen LogP contribution in [0.5, 0.6) is 0 Å². The van der Waals surface area contributed by atoms with Crippen molar-refractivity contribution in [2.45, 2.75) is 32.7 Å². The predicted molar refractivity (Wildman–Crippen MR) is 89.2 cm³/mol. The number of carbonyl (C=O) groups is 1. The van der Waals surface area contributed by atoms with Crippen LogP contribution in [0.25, 0.3) is 0 Å². The van der Waals surface area contributed by atoms with E-state index in [1.807, 2.05) is 11.8 Å². The Labute approximate surface area is 141 Å². The van der Waals surface area contributed by atoms with Crippen molar-refractivity contribution in [1.82, 2.24) is 14.2 Å². The Morgan fingerprint density at radius 3 is 2.43 bits per heavy atom. The van der Waals surface area contributed by atoms with Crippen molar-refractivity contribution in [3.63, 3.8) is 0 Å². The molecule has 0 radical (unpaired) electrons. The van der Waals surface area contributed by atoms with Gasteiger partial charge in [0.1, 0.15) is 5.54 Å². The lowest BCUT2D eigenvalue weighted by Crippen LogP contribution is -2.58. The fourth-order valence-corrected chi connectivity index (χ4v) is 4.93. The highest BCUT2D eigenvalue weighted by Gasteiger charge is 2.38. The first-order valence-corrected chi connectivity index (χ1v) is 9.98. The lowest BCUT2D eigenvalue weighted by molar-refractivity contribution is -0.150. The van der Waals surface area contributed by atoms with E-state index in [4.69, 9.17) is 0 Å². The van der Waals surface area contributed by atoms with E-state index in [1.54, 1.807) is 19.4 Å². The molecule has 1 fully saturated rings. The second kappa shape index (κ2) is 6.84. The van der Waals surface area contributed by atoms with Gasteiger partial charge in [-0.05, 0) is 27.2 Å². The Morgan fingerprint density at radius 1 is 1.35 bits per heavy atom. The predicted octanol–water partition coefficient (Wildman–Crippen LogP) is 0.805. The van der Waals surface area contributed by atoms with Crippen molar-refractivity contribution < 1.29 is 18.3 Å². The number of aliphatic carboxylic acids is 1. The first-order chi connectivity index (χ1) is 10.6. The van der Waals surface area contributed by atoms with Gasteiger partial charge in [0, 0.05) is 31.1 Å². The number of carboxylic acid groups (broad SMARTS) is 1. The van der Waals surface area contributed by atoms with E-state index in [-0.39, 0.29) is 5.75 Å². The van der Waals surface area contributed by atoms with Crippen LogP contribution in [0, 0.1) is 6.92 Å². The van der Waals surface area contributed by atoms with Crippen LogP contribution in [0.2, 0.25) is 0 Å². The quantitative estimate of drug-likeness (QED) is 0.806. The minimum atomic E-state index is -3.33. The molecule has 1 aromatic heterocycles. The monoisotopic (exact) mass is 361 g/mol. The normalized spacial score (nSPS) is 18.2. The van der Waals surface area contributed by atoms with Gasteiger partial charge in [-0.15, -0.1) is 11.3 Å². The average molecular weight is 361 g/mol. The summed E-state index contributed by atoms with van der Waals surface area (Å²) in [5, 5.41) is 9.26. The Hall–Kier alpha value is -1.03. The Balaban J connectivity index is 1.93. The Kier molecular flexibility index (Phi) is 5.44. The lowest BCUT2D eigenvalue weighted by Gasteiger charge is -2.41. The number of thiazole rings is 1. The van der Waals surface area contributed by atoms with E-state index in [2.05, 4.69) is 4.98 Å². The molecule has 1 aliphatic rings. The summed E-state index contributed by atoms with van der Waals surface area (Å²) < 4.78 is 26.4. The summed E-state index contributed by atoms with van der Waals surface area (Å²) >= 11 is 1.48. The minimum Gasteiger partial charge on any atom is -0.480 e. The molecule has 0 aromatic carbocycles. The van der Waals surface area contributed by atoms with E-state index in [9.17, 15) is 18.3 Å². The smallest absolute Gasteiger partial charge is 0.323 e. The molecule has 1 aliphatic heterocycles. The number of piperazine rings is 1. The molecule has 0 bridgehead atoms. The second-order valence-electron chi connectivity index (χ2n) is 6.18. The van der Waals surface area contributed by atoms with Gasteiger partial charge in [-0.2, -0.15) is 4.31 Å². The van der Waals surface area contributed by atoms with Crippen molar-refractivity contribution >= 4 is 27.3 Å². The Bertz CT molecular complexity index is 661. The molecule has 1 saturated heterocycles. The number of aryl methyl sites for hydroxylation is 2. The number of nitrogens with zero attached hydrogens (tertiary/aromatic N) is 3. The van der Waals surface area contributed by atoms with Gasteiger partial charge >= 0.3 is 5.97 Å². The molecule has 0 aliphatic carbocycles. The third kappa shape index (κ3) is 4.09. The number of sulfonamides is 1. The van der Waals surface area contributed by atoms with E-state index in [1.165, 1.54) is 15.6 Å². The van der Waals surface area contributed by atoms with E-state index in [0.717, 1.165) is 10.6 Å². The molecule has 7 nitrogen and oxygen atoms in total. The van der Waals surface area contributed by atoms with Crippen molar-refractivity contribution in [3.8, 4) is 0 Å². The summed E-state index contributed by atoms with van der Waals surface area (Å²) in [4.78, 5) is 18.2. The largest absolute Gasteiger partial charge is 0.480 e. The molecular formula is C14H23N3O4S2. The molecular weight excluding hydrogens is 338 g/mol. The number of hydrogen-bond acceptors (Lipinski definition) is 6. The molecule has 0 amide bonds. The molecule has 23 heavy (non-hydrogen) atoms. The van der Waals surface area contributed by atoms with Gasteiger partial charge in [0.05, 0.1) is 17.0 Å². The molecule has 0 unspecified atom stereocenters. The highest BCUT2D eigenvalue weighted by Crippen LogP contribution is 2.20. The standard InChI is InChI=1S/C14H23N3O4S2/c1-11-12(22-10-15-11)4-9-23(20,21)17-7-5-16(6-8-17)14(2,3)13(18)19/h10H,4-9H2,1-3H3,(H,18,19). The van der Waals surface area contributed by atoms with Crippen LogP contribution in [0.15, 0.2) is 5.51 Å². The van der Waals surface area contributed by atoms with Crippen LogP contribution < -0.4 is 0 Å². The van der Waals surface area contributed by atoms with Crippen LogP contribution in [-0.4, -0.2) is 71.2 Å². The highest BCUT2D eigenvalue weighted by atomic mass is 32.2. The van der Waals surface area contributed by atoms with Crippen LogP contribution in [0.1, 0.15) is 24.4 Å². The van der Waals surface area contributed by atoms with Gasteiger partial charge in [-0.1, -0.05) is 0 Å². The van der Waals surface area contributed by atoms with Crippen LogP contribution >= 0.6 is 11.3 Å². The summed E-state index contributed by atoms with van der Waals surface area (Å²) in [5.41, 5.74) is 1.64. The first kappa shape index (κ1) is 18.3. The van der Waals surface area contributed by atoms with Crippen molar-refractivity contribution in [2.75, 3.05) is 31.9 Å². The molecule has 1 N–H and O–H groups in total. The molecule has 0 saturated carbocycles. The maximum absolute atomic E-state index is 12.5. The molecule has 2 rings (SSSR count). The van der Waals surface area contributed by atoms with Gasteiger partial charge in [-0.25, -0.2) is 13.4 Å². The van der Waals surface area contributed by atoms with Gasteiger partial charge in [0.25, 0.3) is 0 Å². The van der Waals surface area contributed by atoms with Crippen LogP contribution in [-0.2, 0) is 21.2 Å². The summed E-state index contributed by atoms with van der Waals surface area (Å²) in [7, 11) is -3.33. The molecule has 9 heteroatoms. The zero-order valence-electron chi connectivity index (χ0n) is 13.7. The van der Waals surface area contributed by atoms with Gasteiger partial charge < -0.3 is 5.11 Å². The number of hydrogen-bond donors (Lipinski definition) is 1. The summed E-state index contributed by atoms with van der Waals surface area (Å²) in [6, 6.07) is 0. The molecule has 130 valence electrons. The topological polar surface area (TPSA) is 90.8 Å². The number of rotatable bonds is 6. The van der Waals surface area contributed by atoms with Gasteiger partial charge in [-0.3, -0.25) is 9.69 Å².